The fraction of sp³-hybridized carbons (Fsp3) is 0.100. The zero-order chi connectivity index (χ0) is 13.7. The van der Waals surface area contributed by atoms with E-state index in [4.69, 9.17) is 10.4 Å². The van der Waals surface area contributed by atoms with Crippen molar-refractivity contribution < 1.29 is 19.6 Å². The third-order valence-electron chi connectivity index (χ3n) is 1.96. The summed E-state index contributed by atoms with van der Waals surface area (Å²) in [7, 11) is 0. The molecule has 0 saturated carbocycles. The molecule has 92 valence electrons. The molecule has 0 spiro atoms. The highest BCUT2D eigenvalue weighted by molar-refractivity contribution is 6.00. The first-order valence-corrected chi connectivity index (χ1v) is 4.65. The quantitative estimate of drug-likeness (QED) is 0.607. The van der Waals surface area contributed by atoms with Crippen molar-refractivity contribution in [2.75, 3.05) is 5.32 Å². The first-order valence-electron chi connectivity index (χ1n) is 4.65. The van der Waals surface area contributed by atoms with Crippen molar-refractivity contribution in [2.24, 2.45) is 0 Å². The molecule has 0 aliphatic rings. The number of nitro benzene ring substituents is 1. The molecular formula is C10H7N3O5. The van der Waals surface area contributed by atoms with Crippen molar-refractivity contribution in [3.05, 3.63) is 33.9 Å². The summed E-state index contributed by atoms with van der Waals surface area (Å²) in [6.07, 6.45) is -0.478. The molecular weight excluding hydrogens is 242 g/mol. The molecule has 0 unspecified atom stereocenters. The fourth-order valence-electron chi connectivity index (χ4n) is 1.28. The third kappa shape index (κ3) is 2.79. The van der Waals surface area contributed by atoms with Gasteiger partial charge in [-0.15, -0.1) is 0 Å². The molecule has 8 nitrogen and oxygen atoms in total. The molecule has 1 amide bonds. The van der Waals surface area contributed by atoms with Gasteiger partial charge in [0, 0.05) is 0 Å². The Kier molecular flexibility index (Phi) is 3.93. The van der Waals surface area contributed by atoms with Crippen molar-refractivity contribution in [1.29, 1.82) is 5.26 Å². The van der Waals surface area contributed by atoms with Crippen molar-refractivity contribution in [3.8, 4) is 6.07 Å². The van der Waals surface area contributed by atoms with E-state index in [2.05, 4.69) is 5.32 Å². The van der Waals surface area contributed by atoms with Crippen LogP contribution in [-0.2, 0) is 4.79 Å². The Morgan fingerprint density at radius 2 is 2.17 bits per heavy atom. The lowest BCUT2D eigenvalue weighted by atomic mass is 10.1. The molecule has 1 aromatic carbocycles. The summed E-state index contributed by atoms with van der Waals surface area (Å²) in [5, 5.41) is 30.0. The summed E-state index contributed by atoms with van der Waals surface area (Å²) < 4.78 is 0. The number of nitrogens with zero attached hydrogens (tertiary/aromatic N) is 2. The molecule has 0 heterocycles. The van der Waals surface area contributed by atoms with E-state index < -0.39 is 34.5 Å². The molecule has 8 heteroatoms. The number of nitriles is 1. The Morgan fingerprint density at radius 1 is 1.50 bits per heavy atom. The maximum atomic E-state index is 11.2. The lowest BCUT2D eigenvalue weighted by molar-refractivity contribution is -0.384. The van der Waals surface area contributed by atoms with E-state index >= 15 is 0 Å². The largest absolute Gasteiger partial charge is 0.477 e. The maximum absolute atomic E-state index is 11.2. The highest BCUT2D eigenvalue weighted by Gasteiger charge is 2.24. The number of nitro groups is 1. The number of hydrogen-bond donors (Lipinski definition) is 2. The van der Waals surface area contributed by atoms with Gasteiger partial charge >= 0.3 is 11.7 Å². The van der Waals surface area contributed by atoms with Crippen molar-refractivity contribution >= 4 is 23.3 Å². The van der Waals surface area contributed by atoms with E-state index in [1.54, 1.807) is 6.07 Å². The van der Waals surface area contributed by atoms with E-state index in [-0.39, 0.29) is 5.69 Å². The van der Waals surface area contributed by atoms with Crippen LogP contribution < -0.4 is 5.32 Å². The predicted molar refractivity (Wildman–Crippen MR) is 58.9 cm³/mol. The van der Waals surface area contributed by atoms with Gasteiger partial charge in [-0.3, -0.25) is 14.9 Å². The van der Waals surface area contributed by atoms with Gasteiger partial charge in [-0.25, -0.2) is 4.79 Å². The minimum Gasteiger partial charge on any atom is -0.477 e. The highest BCUT2D eigenvalue weighted by atomic mass is 16.6. The normalized spacial score (nSPS) is 9.28. The van der Waals surface area contributed by atoms with Gasteiger partial charge in [-0.05, 0) is 12.1 Å². The molecule has 1 rings (SSSR count). The van der Waals surface area contributed by atoms with Crippen LogP contribution in [0.25, 0.3) is 0 Å². The van der Waals surface area contributed by atoms with Crippen LogP contribution in [0.15, 0.2) is 18.2 Å². The lowest BCUT2D eigenvalue weighted by Gasteiger charge is -2.05. The first-order chi connectivity index (χ1) is 8.47. The van der Waals surface area contributed by atoms with E-state index in [0.29, 0.717) is 0 Å². The summed E-state index contributed by atoms with van der Waals surface area (Å²) in [4.78, 5) is 31.9. The topological polar surface area (TPSA) is 133 Å². The molecule has 0 aromatic heterocycles. The predicted octanol–water partition coefficient (Wildman–Crippen LogP) is 1.15. The maximum Gasteiger partial charge on any atom is 0.342 e. The van der Waals surface area contributed by atoms with E-state index in [0.717, 1.165) is 6.07 Å². The van der Waals surface area contributed by atoms with Gasteiger partial charge in [0.25, 0.3) is 0 Å². The van der Waals surface area contributed by atoms with Gasteiger partial charge in [-0.1, -0.05) is 6.07 Å². The van der Waals surface area contributed by atoms with Crippen molar-refractivity contribution in [1.82, 2.24) is 0 Å². The average Bonchev–Trinajstić information content (AvgIpc) is 2.28. The number of anilines is 1. The number of nitrogens with one attached hydrogen (secondary N) is 1. The van der Waals surface area contributed by atoms with Gasteiger partial charge in [0.05, 0.1) is 11.0 Å². The molecule has 0 bridgehead atoms. The van der Waals surface area contributed by atoms with Gasteiger partial charge in [-0.2, -0.15) is 5.26 Å². The van der Waals surface area contributed by atoms with Gasteiger partial charge < -0.3 is 10.4 Å². The zero-order valence-corrected chi connectivity index (χ0v) is 8.91. The smallest absolute Gasteiger partial charge is 0.342 e. The monoisotopic (exact) mass is 249 g/mol. The van der Waals surface area contributed by atoms with Crippen LogP contribution in [0, 0.1) is 21.4 Å². The standard InChI is InChI=1S/C10H7N3O5/c11-5-4-8(14)12-7-3-1-2-6(10(15)16)9(7)13(17)18/h1-3H,4H2,(H,12,14)(H,15,16). The summed E-state index contributed by atoms with van der Waals surface area (Å²) in [6, 6.07) is 5.09. The molecule has 18 heavy (non-hydrogen) atoms. The van der Waals surface area contributed by atoms with E-state index in [1.165, 1.54) is 12.1 Å². The van der Waals surface area contributed by atoms with Crippen molar-refractivity contribution in [2.45, 2.75) is 6.42 Å². The number of carbonyl (C=O) groups is 2. The summed E-state index contributed by atoms with van der Waals surface area (Å²) in [5.41, 5.74) is -1.49. The molecule has 0 saturated heterocycles. The number of amides is 1. The molecule has 0 aliphatic carbocycles. The second-order valence-electron chi connectivity index (χ2n) is 3.15. The zero-order valence-electron chi connectivity index (χ0n) is 8.91. The molecule has 0 atom stereocenters. The van der Waals surface area contributed by atoms with Gasteiger partial charge in [0.15, 0.2) is 0 Å². The third-order valence-corrected chi connectivity index (χ3v) is 1.96. The number of rotatable bonds is 4. The van der Waals surface area contributed by atoms with Crippen LogP contribution in [0.2, 0.25) is 0 Å². The number of aromatic carboxylic acids is 1. The van der Waals surface area contributed by atoms with Gasteiger partial charge in [0.1, 0.15) is 17.7 Å². The minimum absolute atomic E-state index is 0.250. The van der Waals surface area contributed by atoms with Crippen LogP contribution in [0.5, 0.6) is 0 Å². The molecule has 2 N–H and O–H groups in total. The summed E-state index contributed by atoms with van der Waals surface area (Å²) >= 11 is 0. The van der Waals surface area contributed by atoms with Crippen LogP contribution in [0.1, 0.15) is 16.8 Å². The molecule has 0 fully saturated rings. The molecule has 0 radical (unpaired) electrons. The Balaban J connectivity index is 3.24. The van der Waals surface area contributed by atoms with E-state index in [1.807, 2.05) is 0 Å². The lowest BCUT2D eigenvalue weighted by Crippen LogP contribution is -2.13. The number of hydrogen-bond acceptors (Lipinski definition) is 5. The Labute approximate surface area is 101 Å². The number of carbonyl (C=O) groups excluding carboxylic acids is 1. The van der Waals surface area contributed by atoms with Crippen LogP contribution in [-0.4, -0.2) is 21.9 Å². The Bertz CT molecular complexity index is 561. The highest BCUT2D eigenvalue weighted by Crippen LogP contribution is 2.28. The first kappa shape index (κ1) is 13.1. The number of benzene rings is 1. The SMILES string of the molecule is N#CCC(=O)Nc1cccc(C(=O)O)c1[N+](=O)[O-]. The van der Waals surface area contributed by atoms with E-state index in [9.17, 15) is 19.7 Å². The Morgan fingerprint density at radius 3 is 2.67 bits per heavy atom. The molecule has 0 aliphatic heterocycles. The minimum atomic E-state index is -1.47. The van der Waals surface area contributed by atoms with Gasteiger partial charge in [0.2, 0.25) is 5.91 Å². The number of carboxylic acid groups (broad SMARTS) is 1. The van der Waals surface area contributed by atoms with Crippen LogP contribution in [0.3, 0.4) is 0 Å². The number of para-hydroxylation sites is 1. The second kappa shape index (κ2) is 5.40. The van der Waals surface area contributed by atoms with Crippen LogP contribution in [0.4, 0.5) is 11.4 Å². The summed E-state index contributed by atoms with van der Waals surface area (Å²) in [5.74, 6) is -2.22. The fourth-order valence-corrected chi connectivity index (χ4v) is 1.28. The molecule has 1 aromatic rings. The second-order valence-corrected chi connectivity index (χ2v) is 3.15. The van der Waals surface area contributed by atoms with Crippen LogP contribution >= 0.6 is 0 Å². The summed E-state index contributed by atoms with van der Waals surface area (Å²) in [6.45, 7) is 0. The Hall–Kier alpha value is -2.95. The number of carboxylic acids is 1. The average molecular weight is 249 g/mol. The van der Waals surface area contributed by atoms with Crippen molar-refractivity contribution in [3.63, 3.8) is 0 Å².